The van der Waals surface area contributed by atoms with Crippen LogP contribution in [0.25, 0.3) is 0 Å². The molecule has 20 heavy (non-hydrogen) atoms. The van der Waals surface area contributed by atoms with Crippen LogP contribution in [0.3, 0.4) is 0 Å². The van der Waals surface area contributed by atoms with Crippen molar-refractivity contribution in [2.45, 2.75) is 6.92 Å². The Labute approximate surface area is 128 Å². The van der Waals surface area contributed by atoms with Crippen LogP contribution in [0.1, 0.15) is 12.5 Å². The van der Waals surface area contributed by atoms with Gasteiger partial charge < -0.3 is 10.6 Å². The third-order valence-corrected chi connectivity index (χ3v) is 3.50. The number of anilines is 2. The molecule has 0 amide bonds. The normalized spacial score (nSPS) is 10.3. The van der Waals surface area contributed by atoms with E-state index in [0.717, 1.165) is 11.4 Å². The van der Waals surface area contributed by atoms with E-state index in [1.165, 1.54) is 12.1 Å². The molecule has 0 heterocycles. The third kappa shape index (κ3) is 2.92. The van der Waals surface area contributed by atoms with Crippen LogP contribution in [0.4, 0.5) is 15.8 Å². The minimum Gasteiger partial charge on any atom is -0.389 e. The maximum atomic E-state index is 13.0. The lowest BCUT2D eigenvalue weighted by atomic mass is 10.1. The quantitative estimate of drug-likeness (QED) is 0.855. The van der Waals surface area contributed by atoms with E-state index in [0.29, 0.717) is 17.1 Å². The molecule has 0 aliphatic heterocycles. The average molecular weight is 309 g/mol. The van der Waals surface area contributed by atoms with Crippen molar-refractivity contribution in [2.24, 2.45) is 5.73 Å². The molecule has 0 aliphatic rings. The first-order chi connectivity index (χ1) is 9.54. The van der Waals surface area contributed by atoms with Gasteiger partial charge in [0.1, 0.15) is 10.8 Å². The summed E-state index contributed by atoms with van der Waals surface area (Å²) in [5.74, 6) is -0.273. The zero-order valence-electron chi connectivity index (χ0n) is 10.9. The van der Waals surface area contributed by atoms with Crippen LogP contribution in [-0.2, 0) is 0 Å². The van der Waals surface area contributed by atoms with Gasteiger partial charge >= 0.3 is 0 Å². The van der Waals surface area contributed by atoms with E-state index in [1.54, 1.807) is 18.2 Å². The molecule has 0 radical (unpaired) electrons. The summed E-state index contributed by atoms with van der Waals surface area (Å²) < 4.78 is 13.0. The summed E-state index contributed by atoms with van der Waals surface area (Å²) in [7, 11) is 0. The lowest BCUT2D eigenvalue weighted by Crippen LogP contribution is -2.21. The van der Waals surface area contributed by atoms with Crippen molar-refractivity contribution in [3.63, 3.8) is 0 Å². The Morgan fingerprint density at radius 2 is 1.90 bits per heavy atom. The molecule has 2 nitrogen and oxygen atoms in total. The van der Waals surface area contributed by atoms with Gasteiger partial charge in [-0.1, -0.05) is 29.9 Å². The molecule has 0 saturated carbocycles. The molecule has 0 saturated heterocycles. The molecular weight excluding hydrogens is 295 g/mol. The smallest absolute Gasteiger partial charge is 0.123 e. The van der Waals surface area contributed by atoms with Crippen LogP contribution in [0, 0.1) is 5.82 Å². The van der Waals surface area contributed by atoms with E-state index in [4.69, 9.17) is 29.6 Å². The van der Waals surface area contributed by atoms with Crippen LogP contribution < -0.4 is 10.6 Å². The Balaban J connectivity index is 2.55. The zero-order valence-corrected chi connectivity index (χ0v) is 12.5. The summed E-state index contributed by atoms with van der Waals surface area (Å²) in [6.07, 6.45) is 0. The molecule has 2 aromatic carbocycles. The molecule has 0 aliphatic carbocycles. The maximum absolute atomic E-state index is 13.0. The Morgan fingerprint density at radius 3 is 2.45 bits per heavy atom. The molecule has 0 atom stereocenters. The van der Waals surface area contributed by atoms with E-state index in [-0.39, 0.29) is 10.8 Å². The fourth-order valence-electron chi connectivity index (χ4n) is 2.09. The molecule has 2 N–H and O–H groups in total. The van der Waals surface area contributed by atoms with Gasteiger partial charge in [0.2, 0.25) is 0 Å². The molecule has 2 aromatic rings. The summed E-state index contributed by atoms with van der Waals surface area (Å²) in [4.78, 5) is 2.23. The van der Waals surface area contributed by atoms with Gasteiger partial charge in [-0.05, 0) is 43.3 Å². The van der Waals surface area contributed by atoms with Gasteiger partial charge in [-0.15, -0.1) is 0 Å². The summed E-state index contributed by atoms with van der Waals surface area (Å²) in [5.41, 5.74) is 8.08. The van der Waals surface area contributed by atoms with Crippen molar-refractivity contribution in [1.29, 1.82) is 0 Å². The molecule has 0 unspecified atom stereocenters. The first-order valence-corrected chi connectivity index (χ1v) is 6.94. The number of benzene rings is 2. The van der Waals surface area contributed by atoms with Crippen molar-refractivity contribution in [2.75, 3.05) is 11.4 Å². The summed E-state index contributed by atoms with van der Waals surface area (Å²) >= 11 is 11.3. The summed E-state index contributed by atoms with van der Waals surface area (Å²) in [6.45, 7) is 2.68. The summed E-state index contributed by atoms with van der Waals surface area (Å²) in [5, 5.41) is 0.510. The third-order valence-electron chi connectivity index (χ3n) is 2.98. The Hall–Kier alpha value is -1.65. The molecular formula is C15H14ClFN2S. The second kappa shape index (κ2) is 6.20. The number of halogens is 2. The highest BCUT2D eigenvalue weighted by Crippen LogP contribution is 2.32. The standard InChI is InChI=1S/C15H14ClFN2S/c1-2-19(11-8-6-10(17)7-9-11)13-5-3-4-12(16)14(13)15(18)20/h3-9H,2H2,1H3,(H2,18,20). The predicted octanol–water partition coefficient (Wildman–Crippen LogP) is 4.27. The number of hydrogen-bond donors (Lipinski definition) is 1. The van der Waals surface area contributed by atoms with Crippen molar-refractivity contribution < 1.29 is 4.39 Å². The van der Waals surface area contributed by atoms with Crippen LogP contribution in [-0.4, -0.2) is 11.5 Å². The fraction of sp³-hybridized carbons (Fsp3) is 0.133. The van der Waals surface area contributed by atoms with Gasteiger partial charge in [0.25, 0.3) is 0 Å². The average Bonchev–Trinajstić information content (AvgIpc) is 2.41. The molecule has 0 fully saturated rings. The van der Waals surface area contributed by atoms with Crippen LogP contribution in [0.5, 0.6) is 0 Å². The Bertz CT molecular complexity index is 628. The van der Waals surface area contributed by atoms with Crippen molar-refractivity contribution >= 4 is 40.2 Å². The lowest BCUT2D eigenvalue weighted by Gasteiger charge is -2.26. The monoisotopic (exact) mass is 308 g/mol. The molecule has 0 spiro atoms. The highest BCUT2D eigenvalue weighted by atomic mass is 35.5. The van der Waals surface area contributed by atoms with Gasteiger partial charge in [0.15, 0.2) is 0 Å². The second-order valence-electron chi connectivity index (χ2n) is 4.22. The summed E-state index contributed by atoms with van der Waals surface area (Å²) in [6, 6.07) is 11.7. The van der Waals surface area contributed by atoms with Crippen molar-refractivity contribution in [3.05, 3.63) is 58.9 Å². The largest absolute Gasteiger partial charge is 0.389 e. The van der Waals surface area contributed by atoms with Gasteiger partial charge in [-0.3, -0.25) is 0 Å². The van der Waals surface area contributed by atoms with Crippen molar-refractivity contribution in [1.82, 2.24) is 0 Å². The minimum atomic E-state index is -0.273. The second-order valence-corrected chi connectivity index (χ2v) is 5.07. The maximum Gasteiger partial charge on any atom is 0.123 e. The highest BCUT2D eigenvalue weighted by Gasteiger charge is 2.16. The Kier molecular flexibility index (Phi) is 4.57. The SMILES string of the molecule is CCN(c1ccc(F)cc1)c1cccc(Cl)c1C(N)=S. The highest BCUT2D eigenvalue weighted by molar-refractivity contribution is 7.80. The lowest BCUT2D eigenvalue weighted by molar-refractivity contribution is 0.628. The van der Waals surface area contributed by atoms with E-state index in [1.807, 2.05) is 24.0 Å². The van der Waals surface area contributed by atoms with Gasteiger partial charge in [-0.2, -0.15) is 0 Å². The van der Waals surface area contributed by atoms with E-state index in [9.17, 15) is 4.39 Å². The van der Waals surface area contributed by atoms with Crippen LogP contribution in [0.15, 0.2) is 42.5 Å². The van der Waals surface area contributed by atoms with Gasteiger partial charge in [0, 0.05) is 12.2 Å². The number of thiocarbonyl (C=S) groups is 1. The zero-order chi connectivity index (χ0) is 14.7. The van der Waals surface area contributed by atoms with Crippen LogP contribution in [0.2, 0.25) is 5.02 Å². The fourth-order valence-corrected chi connectivity index (χ4v) is 2.64. The predicted molar refractivity (Wildman–Crippen MR) is 86.4 cm³/mol. The number of nitrogens with two attached hydrogens (primary N) is 1. The topological polar surface area (TPSA) is 29.3 Å². The van der Waals surface area contributed by atoms with E-state index < -0.39 is 0 Å². The number of rotatable bonds is 4. The molecule has 104 valence electrons. The number of hydrogen-bond acceptors (Lipinski definition) is 2. The molecule has 5 heteroatoms. The Morgan fingerprint density at radius 1 is 1.25 bits per heavy atom. The van der Waals surface area contributed by atoms with Crippen molar-refractivity contribution in [3.8, 4) is 0 Å². The van der Waals surface area contributed by atoms with E-state index in [2.05, 4.69) is 0 Å². The first-order valence-electron chi connectivity index (χ1n) is 6.16. The minimum absolute atomic E-state index is 0.242. The number of nitrogens with zero attached hydrogens (tertiary/aromatic N) is 1. The molecule has 0 bridgehead atoms. The first kappa shape index (κ1) is 14.8. The van der Waals surface area contributed by atoms with Crippen LogP contribution >= 0.6 is 23.8 Å². The molecule has 2 rings (SSSR count). The van der Waals surface area contributed by atoms with Gasteiger partial charge in [0.05, 0.1) is 16.3 Å². The van der Waals surface area contributed by atoms with Gasteiger partial charge in [-0.25, -0.2) is 4.39 Å². The molecule has 0 aromatic heterocycles. The van der Waals surface area contributed by atoms with E-state index >= 15 is 0 Å².